The Labute approximate surface area is 415 Å². The molecule has 1 aliphatic rings. The first-order valence-electron chi connectivity index (χ1n) is 23.1. The minimum Gasteiger partial charge on any atom is -0.404 e. The predicted octanol–water partition coefficient (Wildman–Crippen LogP) is -0.205. The standard InChI is InChI=1S/C45H65N9O16P2/c1-25(2)17-34(40(57)53-38(18-26(3)4)45(62)54-16-6-7-31(54)23-55)49-41(58)35(19-28-8-12-32(13-9-28)69-71(63,64)65)50-42(59)36(20-29-10-14-33(15-11-29)70-72(66,67)68)51-43(60)37(21-30-22-47-24-48-30)52-44(61)39(46)27(5)56/h8-15,22-27,31,34-39,56H,6-7,16-21,46H2,1-5H3,(H,47,48)(H,49,58)(H,50,59)(H,51,60)(H,52,61)(H,53,57)(H2,63,64,65)(H2,66,67,68)/t27-,31+,34+,35+,36+,37+,38+,39+/m1/s1. The van der Waals surface area contributed by atoms with Gasteiger partial charge in [0, 0.05) is 37.7 Å². The van der Waals surface area contributed by atoms with Gasteiger partial charge in [-0.05, 0) is 79.8 Å². The van der Waals surface area contributed by atoms with E-state index in [2.05, 4.69) is 45.6 Å². The third-order valence-corrected chi connectivity index (χ3v) is 12.2. The van der Waals surface area contributed by atoms with Gasteiger partial charge in [0.1, 0.15) is 54.0 Å². The number of likely N-dealkylation sites (tertiary alicyclic amines) is 1. The van der Waals surface area contributed by atoms with Gasteiger partial charge >= 0.3 is 15.6 Å². The third kappa shape index (κ3) is 19.2. The average molecular weight is 1050 g/mol. The first kappa shape index (κ1) is 58.5. The summed E-state index contributed by atoms with van der Waals surface area (Å²) in [5.41, 5.74) is 6.85. The van der Waals surface area contributed by atoms with Gasteiger partial charge in [-0.15, -0.1) is 0 Å². The fourth-order valence-electron chi connectivity index (χ4n) is 7.74. The van der Waals surface area contributed by atoms with Crippen LogP contribution in [0.2, 0.25) is 0 Å². The fourth-order valence-corrected chi connectivity index (χ4v) is 8.54. The molecule has 2 aromatic carbocycles. The topological polar surface area (TPSA) is 391 Å². The number of carbonyl (C=O) groups is 7. The molecule has 25 nitrogen and oxygen atoms in total. The molecule has 0 aliphatic carbocycles. The summed E-state index contributed by atoms with van der Waals surface area (Å²) in [4.78, 5) is 142. The van der Waals surface area contributed by atoms with Crippen LogP contribution in [-0.2, 0) is 62.0 Å². The van der Waals surface area contributed by atoms with Crippen molar-refractivity contribution in [3.05, 3.63) is 77.9 Å². The van der Waals surface area contributed by atoms with Crippen LogP contribution in [0.15, 0.2) is 61.1 Å². The molecule has 4 rings (SSSR count). The lowest BCUT2D eigenvalue weighted by atomic mass is 9.98. The van der Waals surface area contributed by atoms with E-state index in [0.29, 0.717) is 42.5 Å². The quantitative estimate of drug-likeness (QED) is 0.0347. The van der Waals surface area contributed by atoms with E-state index in [1.54, 1.807) is 13.8 Å². The Bertz CT molecular complexity index is 2410. The van der Waals surface area contributed by atoms with E-state index in [1.807, 2.05) is 13.8 Å². The zero-order valence-electron chi connectivity index (χ0n) is 40.4. The molecule has 0 radical (unpaired) electrons. The number of aromatic nitrogens is 2. The largest absolute Gasteiger partial charge is 0.524 e. The van der Waals surface area contributed by atoms with E-state index < -0.39 is 99.5 Å². The fraction of sp³-hybridized carbons (Fsp3) is 0.511. The molecule has 3 aromatic rings. The number of nitrogens with two attached hydrogens (primary N) is 1. The number of imidazole rings is 1. The zero-order valence-corrected chi connectivity index (χ0v) is 42.2. The number of H-pyrrole nitrogens is 1. The number of nitrogens with zero attached hydrogens (tertiary/aromatic N) is 2. The number of hydrogen-bond acceptors (Lipinski definition) is 14. The normalized spacial score (nSPS) is 16.8. The number of aldehydes is 1. The molecule has 0 spiro atoms. The molecule has 1 saturated heterocycles. The summed E-state index contributed by atoms with van der Waals surface area (Å²) in [5.74, 6) is -5.68. The molecule has 396 valence electrons. The lowest BCUT2D eigenvalue weighted by Crippen LogP contribution is -2.61. The molecule has 0 saturated carbocycles. The number of nitrogens with one attached hydrogen (secondary N) is 6. The van der Waals surface area contributed by atoms with Crippen LogP contribution in [0.1, 0.15) is 77.1 Å². The molecule has 1 aromatic heterocycles. The summed E-state index contributed by atoms with van der Waals surface area (Å²) in [5, 5.41) is 23.2. The SMILES string of the molecule is CC(C)C[C@H](NC(=O)[C@H](Cc1ccc(OP(=O)(O)O)cc1)NC(=O)[C@H](Cc1ccc(OP(=O)(O)O)cc1)NC(=O)[C@H](Cc1cnc[nH]1)NC(=O)[C@@H](N)[C@@H](C)O)C(=O)N[C@@H](CC(C)C)C(=O)N1CCC[C@H]1C=O. The first-order valence-corrected chi connectivity index (χ1v) is 26.1. The Hall–Kier alpha value is -6.04. The summed E-state index contributed by atoms with van der Waals surface area (Å²) in [7, 11) is -9.93. The van der Waals surface area contributed by atoms with Gasteiger partial charge < -0.3 is 61.2 Å². The van der Waals surface area contributed by atoms with Crippen LogP contribution in [0.25, 0.3) is 0 Å². The number of phosphoric acid groups is 2. The van der Waals surface area contributed by atoms with Crippen LogP contribution >= 0.6 is 15.6 Å². The molecule has 1 aliphatic heterocycles. The molecule has 27 heteroatoms. The van der Waals surface area contributed by atoms with Crippen molar-refractivity contribution in [2.45, 2.75) is 128 Å². The number of aromatic amines is 1. The highest BCUT2D eigenvalue weighted by Crippen LogP contribution is 2.38. The van der Waals surface area contributed by atoms with Gasteiger partial charge in [-0.1, -0.05) is 52.0 Å². The highest BCUT2D eigenvalue weighted by molar-refractivity contribution is 7.47. The van der Waals surface area contributed by atoms with Gasteiger partial charge in [-0.2, -0.15) is 0 Å². The van der Waals surface area contributed by atoms with E-state index in [9.17, 15) is 67.4 Å². The van der Waals surface area contributed by atoms with E-state index in [0.717, 1.165) is 0 Å². The van der Waals surface area contributed by atoms with E-state index in [4.69, 9.17) is 5.73 Å². The summed E-state index contributed by atoms with van der Waals surface area (Å²) in [6.07, 6.45) is 2.53. The van der Waals surface area contributed by atoms with Crippen LogP contribution in [0.5, 0.6) is 11.5 Å². The van der Waals surface area contributed by atoms with Crippen LogP contribution in [0, 0.1) is 11.8 Å². The number of carbonyl (C=O) groups excluding carboxylic acids is 7. The molecule has 1 fully saturated rings. The van der Waals surface area contributed by atoms with E-state index in [-0.39, 0.29) is 55.4 Å². The zero-order chi connectivity index (χ0) is 53.5. The average Bonchev–Trinajstić information content (AvgIpc) is 4.00. The van der Waals surface area contributed by atoms with Crippen LogP contribution in [0.4, 0.5) is 0 Å². The van der Waals surface area contributed by atoms with Gasteiger partial charge in [-0.25, -0.2) is 14.1 Å². The van der Waals surface area contributed by atoms with Gasteiger partial charge in [-0.3, -0.25) is 48.3 Å². The lowest BCUT2D eigenvalue weighted by Gasteiger charge is -2.30. The van der Waals surface area contributed by atoms with Crippen molar-refractivity contribution in [1.82, 2.24) is 41.5 Å². The molecule has 6 amide bonds. The van der Waals surface area contributed by atoms with Gasteiger partial charge in [0.05, 0.1) is 18.5 Å². The Kier molecular flexibility index (Phi) is 21.6. The van der Waals surface area contributed by atoms with Gasteiger partial charge in [0.15, 0.2) is 0 Å². The number of benzene rings is 2. The second-order valence-corrected chi connectivity index (χ2v) is 20.7. The molecule has 13 N–H and O–H groups in total. The molecule has 8 atom stereocenters. The molecule has 0 unspecified atom stereocenters. The predicted molar refractivity (Wildman–Crippen MR) is 257 cm³/mol. The Morgan fingerprint density at radius 2 is 1.11 bits per heavy atom. The molecular weight excluding hydrogens is 984 g/mol. The lowest BCUT2D eigenvalue weighted by molar-refractivity contribution is -0.140. The van der Waals surface area contributed by atoms with Crippen LogP contribution < -0.4 is 41.4 Å². The van der Waals surface area contributed by atoms with Crippen molar-refractivity contribution in [2.75, 3.05) is 6.54 Å². The van der Waals surface area contributed by atoms with Crippen molar-refractivity contribution in [3.8, 4) is 11.5 Å². The second kappa shape index (κ2) is 26.6. The van der Waals surface area contributed by atoms with Gasteiger partial charge in [0.2, 0.25) is 35.4 Å². The minimum absolute atomic E-state index is 0.0541. The minimum atomic E-state index is -4.96. The number of amides is 6. The summed E-state index contributed by atoms with van der Waals surface area (Å²) in [6, 6.07) is 1.19. The van der Waals surface area contributed by atoms with Crippen molar-refractivity contribution in [1.29, 1.82) is 0 Å². The van der Waals surface area contributed by atoms with E-state index in [1.165, 1.54) is 72.9 Å². The summed E-state index contributed by atoms with van der Waals surface area (Å²) >= 11 is 0. The Balaban J connectivity index is 1.73. The van der Waals surface area contributed by atoms with Crippen molar-refractivity contribution in [3.63, 3.8) is 0 Å². The van der Waals surface area contributed by atoms with Crippen molar-refractivity contribution in [2.24, 2.45) is 17.6 Å². The second-order valence-electron chi connectivity index (χ2n) is 18.3. The maximum atomic E-state index is 14.7. The Morgan fingerprint density at radius 1 is 0.694 bits per heavy atom. The molecular formula is C45H65N9O16P2. The van der Waals surface area contributed by atoms with E-state index >= 15 is 0 Å². The monoisotopic (exact) mass is 1050 g/mol. The third-order valence-electron chi connectivity index (χ3n) is 11.3. The summed E-state index contributed by atoms with van der Waals surface area (Å²) in [6.45, 7) is 8.88. The Morgan fingerprint density at radius 3 is 1.53 bits per heavy atom. The summed E-state index contributed by atoms with van der Waals surface area (Å²) < 4.78 is 32.3. The molecule has 72 heavy (non-hydrogen) atoms. The van der Waals surface area contributed by atoms with Crippen LogP contribution in [0.3, 0.4) is 0 Å². The number of aliphatic hydroxyl groups is 1. The molecule has 0 bridgehead atoms. The first-order chi connectivity index (χ1) is 33.7. The highest BCUT2D eigenvalue weighted by atomic mass is 31.2. The number of hydrogen-bond donors (Lipinski definition) is 12. The smallest absolute Gasteiger partial charge is 0.404 e. The van der Waals surface area contributed by atoms with Gasteiger partial charge in [0.25, 0.3) is 0 Å². The number of rotatable bonds is 27. The number of phosphoric ester groups is 2. The highest BCUT2D eigenvalue weighted by Gasteiger charge is 2.37. The molecule has 2 heterocycles. The van der Waals surface area contributed by atoms with Crippen molar-refractivity contribution < 1.29 is 76.4 Å². The number of aliphatic hydroxyl groups excluding tert-OH is 1. The maximum Gasteiger partial charge on any atom is 0.524 e. The van der Waals surface area contributed by atoms with Crippen LogP contribution in [-0.4, -0.2) is 136 Å². The van der Waals surface area contributed by atoms with Crippen molar-refractivity contribution >= 4 is 57.4 Å². The maximum absolute atomic E-state index is 14.7.